The van der Waals surface area contributed by atoms with Crippen molar-refractivity contribution in [3.63, 3.8) is 0 Å². The minimum atomic E-state index is -0.808. The van der Waals surface area contributed by atoms with E-state index in [0.717, 1.165) is 19.2 Å². The van der Waals surface area contributed by atoms with Crippen LogP contribution in [-0.2, 0) is 6.42 Å². The second kappa shape index (κ2) is 6.11. The van der Waals surface area contributed by atoms with E-state index >= 15 is 0 Å². The average Bonchev–Trinajstić information content (AvgIpc) is 2.64. The SMILES string of the molecule is Fc1cccc(CC(Br)c2cc(Br)sc2Br)c1F. The Balaban J connectivity index is 2.24. The Bertz CT molecular complexity index is 568. The van der Waals surface area contributed by atoms with Crippen LogP contribution in [0.1, 0.15) is 16.0 Å². The molecule has 1 aromatic carbocycles. The Morgan fingerprint density at radius 2 is 1.94 bits per heavy atom. The van der Waals surface area contributed by atoms with E-state index in [1.165, 1.54) is 6.07 Å². The molecule has 96 valence electrons. The van der Waals surface area contributed by atoms with Crippen molar-refractivity contribution in [3.8, 4) is 0 Å². The maximum atomic E-state index is 13.6. The van der Waals surface area contributed by atoms with E-state index < -0.39 is 11.6 Å². The molecule has 1 unspecified atom stereocenters. The highest BCUT2D eigenvalue weighted by atomic mass is 79.9. The van der Waals surface area contributed by atoms with Crippen LogP contribution in [0, 0.1) is 11.6 Å². The normalized spacial score (nSPS) is 12.7. The third-order valence-electron chi connectivity index (χ3n) is 2.45. The van der Waals surface area contributed by atoms with E-state index in [9.17, 15) is 8.78 Å². The minimum Gasteiger partial charge on any atom is -0.204 e. The van der Waals surface area contributed by atoms with Gasteiger partial charge in [-0.25, -0.2) is 8.78 Å². The van der Waals surface area contributed by atoms with Gasteiger partial charge in [0.25, 0.3) is 0 Å². The zero-order valence-corrected chi connectivity index (χ0v) is 14.5. The van der Waals surface area contributed by atoms with Crippen LogP contribution in [0.2, 0.25) is 0 Å². The van der Waals surface area contributed by atoms with Crippen molar-refractivity contribution >= 4 is 59.1 Å². The van der Waals surface area contributed by atoms with E-state index in [-0.39, 0.29) is 4.83 Å². The first-order chi connectivity index (χ1) is 8.49. The third kappa shape index (κ3) is 3.21. The molecule has 1 atom stereocenters. The van der Waals surface area contributed by atoms with Crippen LogP contribution in [-0.4, -0.2) is 0 Å². The summed E-state index contributed by atoms with van der Waals surface area (Å²) in [5, 5.41) is 0. The predicted octanol–water partition coefficient (Wildman–Crippen LogP) is 6.23. The van der Waals surface area contributed by atoms with Gasteiger partial charge in [-0.05, 0) is 61.5 Å². The lowest BCUT2D eigenvalue weighted by Gasteiger charge is -2.10. The van der Waals surface area contributed by atoms with Crippen LogP contribution >= 0.6 is 59.1 Å². The topological polar surface area (TPSA) is 0 Å². The van der Waals surface area contributed by atoms with Crippen LogP contribution in [0.15, 0.2) is 31.8 Å². The van der Waals surface area contributed by atoms with Crippen LogP contribution in [0.3, 0.4) is 0 Å². The summed E-state index contributed by atoms with van der Waals surface area (Å²) in [4.78, 5) is -0.0641. The summed E-state index contributed by atoms with van der Waals surface area (Å²) in [5.41, 5.74) is 1.39. The van der Waals surface area contributed by atoms with Gasteiger partial charge < -0.3 is 0 Å². The Hall–Kier alpha value is 0.220. The van der Waals surface area contributed by atoms with Crippen LogP contribution in [0.4, 0.5) is 8.78 Å². The first kappa shape index (κ1) is 14.6. The van der Waals surface area contributed by atoms with E-state index in [2.05, 4.69) is 47.8 Å². The number of alkyl halides is 1. The van der Waals surface area contributed by atoms with Crippen molar-refractivity contribution in [1.82, 2.24) is 0 Å². The second-order valence-corrected chi connectivity index (χ2v) is 8.52. The average molecular weight is 461 g/mol. The Labute approximate surface area is 133 Å². The molecule has 6 heteroatoms. The smallest absolute Gasteiger partial charge is 0.162 e. The summed E-state index contributed by atoms with van der Waals surface area (Å²) < 4.78 is 28.7. The van der Waals surface area contributed by atoms with Gasteiger partial charge in [0, 0.05) is 4.83 Å². The molecule has 0 fully saturated rings. The van der Waals surface area contributed by atoms with Crippen molar-refractivity contribution in [2.75, 3.05) is 0 Å². The molecule has 1 aromatic heterocycles. The van der Waals surface area contributed by atoms with Gasteiger partial charge in [-0.15, -0.1) is 11.3 Å². The lowest BCUT2D eigenvalue weighted by atomic mass is 10.1. The summed E-state index contributed by atoms with van der Waals surface area (Å²) in [5.74, 6) is -1.58. The molecule has 2 aromatic rings. The van der Waals surface area contributed by atoms with Gasteiger partial charge in [0.1, 0.15) is 0 Å². The fourth-order valence-electron chi connectivity index (χ4n) is 1.58. The standard InChI is InChI=1S/C12H7Br3F2S/c13-8(7-5-10(14)18-12(7)15)4-6-2-1-3-9(16)11(6)17/h1-3,5,8H,4H2. The molecule has 0 aliphatic heterocycles. The molecule has 0 saturated heterocycles. The number of benzene rings is 1. The van der Waals surface area contributed by atoms with Gasteiger partial charge in [0.05, 0.1) is 7.57 Å². The van der Waals surface area contributed by atoms with Crippen molar-refractivity contribution in [1.29, 1.82) is 0 Å². The van der Waals surface area contributed by atoms with Crippen molar-refractivity contribution < 1.29 is 8.78 Å². The monoisotopic (exact) mass is 458 g/mol. The molecule has 0 radical (unpaired) electrons. The van der Waals surface area contributed by atoms with Crippen LogP contribution in [0.25, 0.3) is 0 Å². The minimum absolute atomic E-state index is 0.0641. The number of thiophene rings is 1. The maximum Gasteiger partial charge on any atom is 0.162 e. The molecule has 2 rings (SSSR count). The largest absolute Gasteiger partial charge is 0.204 e. The highest BCUT2D eigenvalue weighted by Crippen LogP contribution is 2.40. The zero-order chi connectivity index (χ0) is 13.3. The molecular formula is C12H7Br3F2S. The second-order valence-electron chi connectivity index (χ2n) is 3.66. The molecule has 0 bridgehead atoms. The lowest BCUT2D eigenvalue weighted by molar-refractivity contribution is 0.498. The summed E-state index contributed by atoms with van der Waals surface area (Å²) in [6.07, 6.45) is 0.394. The first-order valence-corrected chi connectivity index (χ1v) is 8.32. The Morgan fingerprint density at radius 1 is 1.22 bits per heavy atom. The maximum absolute atomic E-state index is 13.6. The zero-order valence-electron chi connectivity index (χ0n) is 8.89. The quantitative estimate of drug-likeness (QED) is 0.476. The first-order valence-electron chi connectivity index (χ1n) is 5.00. The molecule has 0 spiro atoms. The van der Waals surface area contributed by atoms with Crippen LogP contribution < -0.4 is 0 Å². The van der Waals surface area contributed by atoms with Gasteiger partial charge in [0.2, 0.25) is 0 Å². The van der Waals surface area contributed by atoms with E-state index in [1.807, 2.05) is 6.07 Å². The van der Waals surface area contributed by atoms with Crippen LogP contribution in [0.5, 0.6) is 0 Å². The molecule has 18 heavy (non-hydrogen) atoms. The number of hydrogen-bond acceptors (Lipinski definition) is 1. The van der Waals surface area contributed by atoms with Gasteiger partial charge >= 0.3 is 0 Å². The van der Waals surface area contributed by atoms with Gasteiger partial charge in [-0.2, -0.15) is 0 Å². The fourth-order valence-corrected chi connectivity index (χ4v) is 5.72. The summed E-state index contributed by atoms with van der Waals surface area (Å²) in [6, 6.07) is 6.21. The lowest BCUT2D eigenvalue weighted by Crippen LogP contribution is -1.99. The van der Waals surface area contributed by atoms with Crippen molar-refractivity contribution in [3.05, 3.63) is 54.6 Å². The molecule has 0 amide bonds. The fraction of sp³-hybridized carbons (Fsp3) is 0.167. The molecule has 1 heterocycles. The molecular weight excluding hydrogens is 454 g/mol. The predicted molar refractivity (Wildman–Crippen MR) is 81.4 cm³/mol. The highest BCUT2D eigenvalue weighted by Gasteiger charge is 2.17. The van der Waals surface area contributed by atoms with Gasteiger partial charge in [0.15, 0.2) is 11.6 Å². The van der Waals surface area contributed by atoms with Gasteiger partial charge in [-0.1, -0.05) is 28.1 Å². The molecule has 0 saturated carbocycles. The van der Waals surface area contributed by atoms with E-state index in [1.54, 1.807) is 17.4 Å². The van der Waals surface area contributed by atoms with E-state index in [0.29, 0.717) is 12.0 Å². The molecule has 0 aliphatic carbocycles. The Kier molecular flexibility index (Phi) is 4.97. The molecule has 0 N–H and O–H groups in total. The summed E-state index contributed by atoms with van der Waals surface area (Å²) >= 11 is 11.9. The summed E-state index contributed by atoms with van der Waals surface area (Å²) in [6.45, 7) is 0. The third-order valence-corrected chi connectivity index (χ3v) is 5.65. The number of halogens is 5. The summed E-state index contributed by atoms with van der Waals surface area (Å²) in [7, 11) is 0. The molecule has 0 aliphatic rings. The Morgan fingerprint density at radius 3 is 2.56 bits per heavy atom. The highest BCUT2D eigenvalue weighted by molar-refractivity contribution is 9.12. The van der Waals surface area contributed by atoms with Gasteiger partial charge in [-0.3, -0.25) is 0 Å². The number of rotatable bonds is 3. The van der Waals surface area contributed by atoms with E-state index in [4.69, 9.17) is 0 Å². The van der Waals surface area contributed by atoms with Crippen molar-refractivity contribution in [2.24, 2.45) is 0 Å². The molecule has 0 nitrogen and oxygen atoms in total. The number of hydrogen-bond donors (Lipinski definition) is 0. The van der Waals surface area contributed by atoms with Crippen molar-refractivity contribution in [2.45, 2.75) is 11.2 Å².